The van der Waals surface area contributed by atoms with Gasteiger partial charge in [0.05, 0.1) is 27.1 Å². The molecule has 4 N–H and O–H groups in total. The van der Waals surface area contributed by atoms with Crippen molar-refractivity contribution >= 4 is 44.8 Å². The van der Waals surface area contributed by atoms with Crippen molar-refractivity contribution in [3.05, 3.63) is 81.6 Å². The molecule has 0 atom stereocenters. The fourth-order valence-corrected chi connectivity index (χ4v) is 3.46. The summed E-state index contributed by atoms with van der Waals surface area (Å²) in [6.45, 7) is -0.352. The van der Waals surface area contributed by atoms with Crippen molar-refractivity contribution in [3.63, 3.8) is 0 Å². The van der Waals surface area contributed by atoms with Crippen LogP contribution in [0.2, 0.25) is 10.0 Å². The minimum absolute atomic E-state index is 0.0496. The first kappa shape index (κ1) is 23.0. The number of anilines is 1. The largest absolute Gasteiger partial charge is 0.453 e. The Morgan fingerprint density at radius 3 is 2.42 bits per heavy atom. The summed E-state index contributed by atoms with van der Waals surface area (Å²) in [6.07, 6.45) is 0. The number of hydrogen-bond donors (Lipinski definition) is 3. The highest BCUT2D eigenvalue weighted by Gasteiger charge is 2.19. The minimum atomic E-state index is -3.97. The van der Waals surface area contributed by atoms with Gasteiger partial charge in [0.1, 0.15) is 5.75 Å². The predicted octanol–water partition coefficient (Wildman–Crippen LogP) is 4.32. The van der Waals surface area contributed by atoms with Crippen LogP contribution in [0.1, 0.15) is 15.9 Å². The molecular weight excluding hydrogens is 470 g/mol. The summed E-state index contributed by atoms with van der Waals surface area (Å²) >= 11 is 12.1. The van der Waals surface area contributed by atoms with E-state index in [9.17, 15) is 17.6 Å². The first-order valence-electron chi connectivity index (χ1n) is 8.59. The topological polar surface area (TPSA) is 119 Å². The van der Waals surface area contributed by atoms with Crippen LogP contribution in [0.15, 0.2) is 59.5 Å². The number of carbonyl (C=O) groups excluding carboxylic acids is 1. The molecule has 0 aromatic heterocycles. The van der Waals surface area contributed by atoms with Crippen LogP contribution in [-0.4, -0.2) is 19.4 Å². The van der Waals surface area contributed by atoms with E-state index in [4.69, 9.17) is 38.2 Å². The maximum absolute atomic E-state index is 14.3. The molecule has 0 saturated carbocycles. The molecule has 31 heavy (non-hydrogen) atoms. The lowest BCUT2D eigenvalue weighted by atomic mass is 10.1. The van der Waals surface area contributed by atoms with Crippen LogP contribution in [0, 0.1) is 5.82 Å². The number of rotatable bonds is 6. The van der Waals surface area contributed by atoms with Crippen LogP contribution in [-0.2, 0) is 16.6 Å². The molecule has 11 heteroatoms. The lowest BCUT2D eigenvalue weighted by molar-refractivity contribution is 0.102. The van der Waals surface area contributed by atoms with E-state index in [0.717, 1.165) is 6.07 Å². The van der Waals surface area contributed by atoms with Gasteiger partial charge in [-0.1, -0.05) is 35.3 Å². The van der Waals surface area contributed by atoms with Crippen molar-refractivity contribution in [2.45, 2.75) is 11.5 Å². The number of amides is 1. The number of ether oxygens (including phenoxy) is 1. The van der Waals surface area contributed by atoms with Crippen LogP contribution in [0.5, 0.6) is 11.5 Å². The fraction of sp³-hybridized carbons (Fsp3) is 0.0500. The quantitative estimate of drug-likeness (QED) is 0.481. The molecule has 162 valence electrons. The highest BCUT2D eigenvalue weighted by atomic mass is 35.5. The fourth-order valence-electron chi connectivity index (χ4n) is 2.58. The third-order valence-corrected chi connectivity index (χ3v) is 5.72. The van der Waals surface area contributed by atoms with E-state index in [1.54, 1.807) is 0 Å². The Morgan fingerprint density at radius 1 is 1.06 bits per heavy atom. The third-order valence-electron chi connectivity index (χ3n) is 4.09. The first-order valence-corrected chi connectivity index (χ1v) is 10.9. The van der Waals surface area contributed by atoms with Gasteiger partial charge in [0.15, 0.2) is 11.6 Å². The summed E-state index contributed by atoms with van der Waals surface area (Å²) in [5.41, 5.74) is 0.403. The minimum Gasteiger partial charge on any atom is -0.453 e. The average Bonchev–Trinajstić information content (AvgIpc) is 2.71. The maximum Gasteiger partial charge on any atom is 0.259 e. The van der Waals surface area contributed by atoms with Gasteiger partial charge in [-0.2, -0.15) is 0 Å². The number of nitrogens with two attached hydrogens (primary N) is 1. The van der Waals surface area contributed by atoms with E-state index < -0.39 is 21.7 Å². The van der Waals surface area contributed by atoms with Crippen LogP contribution in [0.3, 0.4) is 0 Å². The molecule has 0 bridgehead atoms. The van der Waals surface area contributed by atoms with Crippen molar-refractivity contribution in [3.8, 4) is 11.5 Å². The molecule has 7 nitrogen and oxygen atoms in total. The second-order valence-corrected chi connectivity index (χ2v) is 8.69. The Labute approximate surface area is 187 Å². The number of halogens is 3. The Bertz CT molecular complexity index is 1270. The zero-order valence-electron chi connectivity index (χ0n) is 15.6. The molecule has 0 fully saturated rings. The second kappa shape index (κ2) is 9.21. The van der Waals surface area contributed by atoms with Crippen LogP contribution < -0.4 is 15.2 Å². The molecule has 3 rings (SSSR count). The van der Waals surface area contributed by atoms with Gasteiger partial charge < -0.3 is 15.2 Å². The Morgan fingerprint density at radius 2 is 1.77 bits per heavy atom. The lowest BCUT2D eigenvalue weighted by Gasteiger charge is -2.14. The molecule has 1 amide bonds. The first-order chi connectivity index (χ1) is 14.6. The number of carbonyl (C=O) groups is 1. The van der Waals surface area contributed by atoms with E-state index in [1.807, 2.05) is 0 Å². The molecule has 0 saturated heterocycles. The number of benzene rings is 3. The summed E-state index contributed by atoms with van der Waals surface area (Å²) in [6, 6.07) is 11.6. The molecular formula is C20H15Cl2FN2O5S. The number of aliphatic hydroxyl groups excluding tert-OH is 1. The van der Waals surface area contributed by atoms with Crippen molar-refractivity contribution in [2.24, 2.45) is 5.14 Å². The SMILES string of the molecule is NS(=O)(=O)c1cccc(NC(=O)c2cc(Cl)c(Cl)cc2Oc2ccc(CO)cc2F)c1. The normalized spacial score (nSPS) is 11.3. The Balaban J connectivity index is 1.96. The van der Waals surface area contributed by atoms with Crippen LogP contribution in [0.4, 0.5) is 10.1 Å². The van der Waals surface area contributed by atoms with Gasteiger partial charge in [0.25, 0.3) is 5.91 Å². The summed E-state index contributed by atoms with van der Waals surface area (Å²) in [7, 11) is -3.97. The molecule has 0 aliphatic carbocycles. The number of primary sulfonamides is 1. The van der Waals surface area contributed by atoms with E-state index in [1.165, 1.54) is 48.5 Å². The van der Waals surface area contributed by atoms with Gasteiger partial charge in [-0.25, -0.2) is 17.9 Å². The number of hydrogen-bond acceptors (Lipinski definition) is 5. The van der Waals surface area contributed by atoms with Gasteiger partial charge in [-0.05, 0) is 42.0 Å². The Hall–Kier alpha value is -2.69. The predicted molar refractivity (Wildman–Crippen MR) is 115 cm³/mol. The molecule has 0 spiro atoms. The molecule has 0 aliphatic heterocycles. The molecule has 3 aromatic rings. The molecule has 0 radical (unpaired) electrons. The maximum atomic E-state index is 14.3. The number of aliphatic hydroxyl groups is 1. The standard InChI is InChI=1S/C20H15Cl2FN2O5S/c21-15-8-14(20(27)25-12-2-1-3-13(7-12)31(24,28)29)19(9-16(15)22)30-18-5-4-11(10-26)6-17(18)23/h1-9,26H,10H2,(H,25,27)(H2,24,28,29). The van der Waals surface area contributed by atoms with E-state index in [0.29, 0.717) is 5.56 Å². The van der Waals surface area contributed by atoms with Crippen LogP contribution >= 0.6 is 23.2 Å². The highest BCUT2D eigenvalue weighted by Crippen LogP contribution is 2.35. The van der Waals surface area contributed by atoms with E-state index in [2.05, 4.69) is 5.32 Å². The lowest BCUT2D eigenvalue weighted by Crippen LogP contribution is -2.15. The highest BCUT2D eigenvalue weighted by molar-refractivity contribution is 7.89. The van der Waals surface area contributed by atoms with Crippen molar-refractivity contribution < 1.29 is 27.4 Å². The van der Waals surface area contributed by atoms with Crippen LogP contribution in [0.25, 0.3) is 0 Å². The van der Waals surface area contributed by atoms with Crippen molar-refractivity contribution in [2.75, 3.05) is 5.32 Å². The van der Waals surface area contributed by atoms with Gasteiger partial charge in [-0.3, -0.25) is 4.79 Å². The monoisotopic (exact) mass is 484 g/mol. The van der Waals surface area contributed by atoms with E-state index >= 15 is 0 Å². The van der Waals surface area contributed by atoms with Gasteiger partial charge in [0.2, 0.25) is 10.0 Å². The summed E-state index contributed by atoms with van der Waals surface area (Å²) in [5, 5.41) is 16.8. The molecule has 3 aromatic carbocycles. The smallest absolute Gasteiger partial charge is 0.259 e. The molecule has 0 aliphatic rings. The van der Waals surface area contributed by atoms with Gasteiger partial charge >= 0.3 is 0 Å². The summed E-state index contributed by atoms with van der Waals surface area (Å²) < 4.78 is 42.8. The van der Waals surface area contributed by atoms with Crippen molar-refractivity contribution in [1.29, 1.82) is 0 Å². The number of sulfonamides is 1. The van der Waals surface area contributed by atoms with Gasteiger partial charge in [0, 0.05) is 11.8 Å². The summed E-state index contributed by atoms with van der Waals surface area (Å²) in [4.78, 5) is 12.6. The second-order valence-electron chi connectivity index (χ2n) is 6.31. The Kier molecular flexibility index (Phi) is 6.83. The summed E-state index contributed by atoms with van der Waals surface area (Å²) in [5.74, 6) is -1.77. The molecule has 0 unspecified atom stereocenters. The van der Waals surface area contributed by atoms with E-state index in [-0.39, 0.29) is 44.3 Å². The van der Waals surface area contributed by atoms with Gasteiger partial charge in [-0.15, -0.1) is 0 Å². The van der Waals surface area contributed by atoms with Crippen molar-refractivity contribution in [1.82, 2.24) is 0 Å². The average molecular weight is 485 g/mol. The zero-order valence-corrected chi connectivity index (χ0v) is 17.9. The number of nitrogens with one attached hydrogen (secondary N) is 1. The molecule has 0 heterocycles. The third kappa shape index (κ3) is 5.52. The zero-order chi connectivity index (χ0) is 22.8.